The number of aliphatic carboxylic acids is 1. The Hall–Kier alpha value is -2.00. The standard InChI is InChI=1S/C15H21FN2O5S/c1-9(2)12(7-15(20)21)18-14(19)8-17-24(22,23)13-5-4-11(16)6-10(13)3/h4-6,9,12,17H,7-8H2,1-3H3,(H,18,19)(H,20,21)/t12-/m1/s1. The van der Waals surface area contributed by atoms with E-state index in [1.54, 1.807) is 13.8 Å². The van der Waals surface area contributed by atoms with Crippen molar-refractivity contribution in [3.63, 3.8) is 0 Å². The zero-order valence-electron chi connectivity index (χ0n) is 13.7. The fraction of sp³-hybridized carbons (Fsp3) is 0.467. The molecule has 0 heterocycles. The number of benzene rings is 1. The molecule has 0 aliphatic heterocycles. The van der Waals surface area contributed by atoms with Crippen LogP contribution in [-0.2, 0) is 19.6 Å². The van der Waals surface area contributed by atoms with Crippen LogP contribution in [0.1, 0.15) is 25.8 Å². The summed E-state index contributed by atoms with van der Waals surface area (Å²) in [6, 6.07) is 2.61. The number of hydrogen-bond donors (Lipinski definition) is 3. The van der Waals surface area contributed by atoms with Crippen molar-refractivity contribution in [3.8, 4) is 0 Å². The summed E-state index contributed by atoms with van der Waals surface area (Å²) in [6.45, 7) is 4.40. The van der Waals surface area contributed by atoms with Crippen molar-refractivity contribution >= 4 is 21.9 Å². The highest BCUT2D eigenvalue weighted by Gasteiger charge is 2.22. The van der Waals surface area contributed by atoms with Gasteiger partial charge < -0.3 is 10.4 Å². The summed E-state index contributed by atoms with van der Waals surface area (Å²) in [4.78, 5) is 22.5. The summed E-state index contributed by atoms with van der Waals surface area (Å²) >= 11 is 0. The molecule has 7 nitrogen and oxygen atoms in total. The molecule has 1 aromatic carbocycles. The highest BCUT2D eigenvalue weighted by molar-refractivity contribution is 7.89. The molecule has 0 radical (unpaired) electrons. The van der Waals surface area contributed by atoms with E-state index in [0.29, 0.717) is 0 Å². The number of carboxylic acid groups (broad SMARTS) is 1. The first-order valence-electron chi connectivity index (χ1n) is 7.30. The van der Waals surface area contributed by atoms with E-state index in [4.69, 9.17) is 5.11 Å². The number of carbonyl (C=O) groups excluding carboxylic acids is 1. The van der Waals surface area contributed by atoms with Gasteiger partial charge in [-0.1, -0.05) is 13.8 Å². The molecule has 1 amide bonds. The van der Waals surface area contributed by atoms with Crippen LogP contribution in [0.5, 0.6) is 0 Å². The molecule has 1 rings (SSSR count). The van der Waals surface area contributed by atoms with Crippen LogP contribution in [0, 0.1) is 18.7 Å². The Labute approximate surface area is 140 Å². The fourth-order valence-electron chi connectivity index (χ4n) is 2.05. The van der Waals surface area contributed by atoms with E-state index in [0.717, 1.165) is 18.2 Å². The monoisotopic (exact) mass is 360 g/mol. The van der Waals surface area contributed by atoms with Gasteiger partial charge >= 0.3 is 5.97 Å². The summed E-state index contributed by atoms with van der Waals surface area (Å²) in [5.41, 5.74) is 0.217. The number of aryl methyl sites for hydroxylation is 1. The molecule has 0 unspecified atom stereocenters. The van der Waals surface area contributed by atoms with Crippen molar-refractivity contribution in [2.45, 2.75) is 38.1 Å². The minimum Gasteiger partial charge on any atom is -0.481 e. The number of nitrogens with one attached hydrogen (secondary N) is 2. The normalized spacial score (nSPS) is 12.9. The van der Waals surface area contributed by atoms with E-state index in [1.807, 2.05) is 0 Å². The molecule has 1 aromatic rings. The van der Waals surface area contributed by atoms with E-state index in [-0.39, 0.29) is 22.8 Å². The van der Waals surface area contributed by atoms with Gasteiger partial charge in [0, 0.05) is 6.04 Å². The van der Waals surface area contributed by atoms with Gasteiger partial charge in [-0.3, -0.25) is 9.59 Å². The molecule has 0 aromatic heterocycles. The molecule has 24 heavy (non-hydrogen) atoms. The third-order valence-corrected chi connectivity index (χ3v) is 4.96. The number of hydrogen-bond acceptors (Lipinski definition) is 4. The Morgan fingerprint density at radius 2 is 1.92 bits per heavy atom. The Kier molecular flexibility index (Phi) is 6.85. The van der Waals surface area contributed by atoms with Crippen LogP contribution >= 0.6 is 0 Å². The van der Waals surface area contributed by atoms with Gasteiger partial charge in [0.1, 0.15) is 5.82 Å². The predicted octanol–water partition coefficient (Wildman–Crippen LogP) is 1.03. The highest BCUT2D eigenvalue weighted by Crippen LogP contribution is 2.15. The Bertz CT molecular complexity index is 719. The lowest BCUT2D eigenvalue weighted by Gasteiger charge is -2.20. The van der Waals surface area contributed by atoms with Crippen LogP contribution in [-0.4, -0.2) is 38.0 Å². The van der Waals surface area contributed by atoms with E-state index in [2.05, 4.69) is 10.0 Å². The van der Waals surface area contributed by atoms with Crippen molar-refractivity contribution in [3.05, 3.63) is 29.6 Å². The van der Waals surface area contributed by atoms with Gasteiger partial charge in [-0.25, -0.2) is 17.5 Å². The Morgan fingerprint density at radius 1 is 1.29 bits per heavy atom. The zero-order valence-corrected chi connectivity index (χ0v) is 14.5. The maximum atomic E-state index is 13.0. The van der Waals surface area contributed by atoms with Gasteiger partial charge in [0.05, 0.1) is 17.9 Å². The Morgan fingerprint density at radius 3 is 2.42 bits per heavy atom. The van der Waals surface area contributed by atoms with Gasteiger partial charge in [0.15, 0.2) is 0 Å². The maximum absolute atomic E-state index is 13.0. The van der Waals surface area contributed by atoms with Crippen LogP contribution in [0.25, 0.3) is 0 Å². The Balaban J connectivity index is 2.73. The third-order valence-electron chi connectivity index (χ3n) is 3.39. The van der Waals surface area contributed by atoms with Crippen LogP contribution in [0.4, 0.5) is 4.39 Å². The molecule has 0 saturated heterocycles. The number of rotatable bonds is 8. The van der Waals surface area contributed by atoms with Crippen LogP contribution < -0.4 is 10.0 Å². The maximum Gasteiger partial charge on any atom is 0.305 e. The lowest BCUT2D eigenvalue weighted by atomic mass is 10.0. The van der Waals surface area contributed by atoms with Crippen LogP contribution in [0.15, 0.2) is 23.1 Å². The third kappa shape index (κ3) is 5.89. The van der Waals surface area contributed by atoms with E-state index >= 15 is 0 Å². The molecular formula is C15H21FN2O5S. The largest absolute Gasteiger partial charge is 0.481 e. The predicted molar refractivity (Wildman–Crippen MR) is 85.3 cm³/mol. The summed E-state index contributed by atoms with van der Waals surface area (Å²) in [5.74, 6) is -2.38. The number of sulfonamides is 1. The molecule has 134 valence electrons. The quantitative estimate of drug-likeness (QED) is 0.641. The molecule has 0 spiro atoms. The molecule has 0 aliphatic rings. The molecule has 0 saturated carbocycles. The molecular weight excluding hydrogens is 339 g/mol. The molecule has 3 N–H and O–H groups in total. The summed E-state index contributed by atoms with van der Waals surface area (Å²) in [5, 5.41) is 11.3. The second-order valence-electron chi connectivity index (χ2n) is 5.75. The second-order valence-corrected chi connectivity index (χ2v) is 7.49. The minimum atomic E-state index is -3.98. The van der Waals surface area contributed by atoms with Crippen LogP contribution in [0.2, 0.25) is 0 Å². The number of carboxylic acids is 1. The summed E-state index contributed by atoms with van der Waals surface area (Å²) < 4.78 is 39.5. The van der Waals surface area contributed by atoms with E-state index < -0.39 is 40.3 Å². The van der Waals surface area contributed by atoms with Crippen molar-refractivity contribution in [1.29, 1.82) is 0 Å². The minimum absolute atomic E-state index is 0.123. The van der Waals surface area contributed by atoms with Gasteiger partial charge in [-0.15, -0.1) is 0 Å². The molecule has 1 atom stereocenters. The van der Waals surface area contributed by atoms with Crippen molar-refractivity contribution in [2.75, 3.05) is 6.54 Å². The average Bonchev–Trinajstić information content (AvgIpc) is 2.43. The first-order valence-corrected chi connectivity index (χ1v) is 8.78. The lowest BCUT2D eigenvalue weighted by molar-refractivity contribution is -0.138. The van der Waals surface area contributed by atoms with E-state index in [9.17, 15) is 22.4 Å². The van der Waals surface area contributed by atoms with Gasteiger partial charge in [0.25, 0.3) is 0 Å². The van der Waals surface area contributed by atoms with Gasteiger partial charge in [-0.05, 0) is 36.6 Å². The average molecular weight is 360 g/mol. The number of carbonyl (C=O) groups is 2. The molecule has 9 heteroatoms. The smallest absolute Gasteiger partial charge is 0.305 e. The van der Waals surface area contributed by atoms with Crippen LogP contribution in [0.3, 0.4) is 0 Å². The number of amides is 1. The van der Waals surface area contributed by atoms with Gasteiger partial charge in [-0.2, -0.15) is 0 Å². The molecule has 0 bridgehead atoms. The molecule has 0 aliphatic carbocycles. The van der Waals surface area contributed by atoms with Crippen molar-refractivity contribution < 1.29 is 27.5 Å². The first kappa shape index (κ1) is 20.0. The summed E-state index contributed by atoms with van der Waals surface area (Å²) in [6.07, 6.45) is -0.257. The highest BCUT2D eigenvalue weighted by atomic mass is 32.2. The zero-order chi connectivity index (χ0) is 18.5. The topological polar surface area (TPSA) is 113 Å². The molecule has 0 fully saturated rings. The summed E-state index contributed by atoms with van der Waals surface area (Å²) in [7, 11) is -3.98. The SMILES string of the molecule is Cc1cc(F)ccc1S(=O)(=O)NCC(=O)N[C@H](CC(=O)O)C(C)C. The van der Waals surface area contributed by atoms with Gasteiger partial charge in [0.2, 0.25) is 15.9 Å². The fourth-order valence-corrected chi connectivity index (χ4v) is 3.26. The number of halogens is 1. The second kappa shape index (κ2) is 8.20. The van der Waals surface area contributed by atoms with Crippen molar-refractivity contribution in [1.82, 2.24) is 10.0 Å². The van der Waals surface area contributed by atoms with Crippen molar-refractivity contribution in [2.24, 2.45) is 5.92 Å². The lowest BCUT2D eigenvalue weighted by Crippen LogP contribution is -2.45. The first-order chi connectivity index (χ1) is 11.0. The van der Waals surface area contributed by atoms with E-state index in [1.165, 1.54) is 6.92 Å².